The lowest BCUT2D eigenvalue weighted by atomic mass is 10.1. The Morgan fingerprint density at radius 1 is 1.14 bits per heavy atom. The van der Waals surface area contributed by atoms with E-state index in [-0.39, 0.29) is 42.1 Å². The van der Waals surface area contributed by atoms with Crippen molar-refractivity contribution in [2.75, 3.05) is 11.1 Å². The SMILES string of the molecule is N=[N+]=N.Nc1nc2ncc(CNc3ccc(C(=O)NC(CCC(=O)O)C(=O)O)cc3)nc2c(=O)[nH]1. The van der Waals surface area contributed by atoms with E-state index in [1.165, 1.54) is 18.3 Å². The Labute approximate surface area is 195 Å². The largest absolute Gasteiger partial charge is 0.481 e. The summed E-state index contributed by atoms with van der Waals surface area (Å²) in [6.45, 7) is 0.231. The summed E-state index contributed by atoms with van der Waals surface area (Å²) in [6, 6.07) is 4.86. The third kappa shape index (κ3) is 7.69. The van der Waals surface area contributed by atoms with Crippen molar-refractivity contribution in [1.29, 1.82) is 11.1 Å². The van der Waals surface area contributed by atoms with Gasteiger partial charge in [0.25, 0.3) is 11.5 Å². The standard InChI is InChI=1S/C19H19N7O6.H2N3/c20-19-25-15-14(17(30)26-19)23-11(8-22-15)7-21-10-3-1-9(2-4-10)16(29)24-12(18(31)32)5-6-13(27)28;1-3-2/h1-4,8,12,21H,5-7H2,(H,24,29)(H,27,28)(H,31,32)(H3,20,22,25,26,30);1-2H/q;+1. The van der Waals surface area contributed by atoms with Crippen LogP contribution in [0.4, 0.5) is 11.6 Å². The fourth-order valence-electron chi connectivity index (χ4n) is 2.75. The van der Waals surface area contributed by atoms with Gasteiger partial charge in [-0.05, 0) is 30.7 Å². The molecule has 0 saturated heterocycles. The summed E-state index contributed by atoms with van der Waals surface area (Å²) in [6.07, 6.45) is 0.840. The van der Waals surface area contributed by atoms with E-state index in [4.69, 9.17) is 27.0 Å². The average molecular weight is 485 g/mol. The summed E-state index contributed by atoms with van der Waals surface area (Å²) >= 11 is 0. The van der Waals surface area contributed by atoms with Gasteiger partial charge in [-0.15, -0.1) is 0 Å². The van der Waals surface area contributed by atoms with Gasteiger partial charge < -0.3 is 26.6 Å². The van der Waals surface area contributed by atoms with E-state index in [1.807, 2.05) is 4.91 Å². The Balaban J connectivity index is 0.00000137. The number of rotatable bonds is 9. The molecule has 9 N–H and O–H groups in total. The Morgan fingerprint density at radius 3 is 2.40 bits per heavy atom. The summed E-state index contributed by atoms with van der Waals surface area (Å²) in [5.74, 6) is -3.16. The Kier molecular flexibility index (Phi) is 9.01. The number of nitrogen functional groups attached to an aromatic ring is 1. The van der Waals surface area contributed by atoms with Crippen LogP contribution < -0.4 is 26.8 Å². The first-order valence-electron chi connectivity index (χ1n) is 9.78. The summed E-state index contributed by atoms with van der Waals surface area (Å²) in [5, 5.41) is 23.2. The number of hydrogen-bond acceptors (Lipinski definition) is 11. The van der Waals surface area contributed by atoms with Crippen LogP contribution in [-0.4, -0.2) is 54.0 Å². The number of fused-ring (bicyclic) bond motifs is 1. The number of hydrogen-bond donors (Lipinski definition) is 8. The first-order valence-corrected chi connectivity index (χ1v) is 9.78. The highest BCUT2D eigenvalue weighted by Crippen LogP contribution is 2.12. The molecule has 182 valence electrons. The van der Waals surface area contributed by atoms with Crippen LogP contribution in [0, 0.1) is 11.1 Å². The van der Waals surface area contributed by atoms with Crippen molar-refractivity contribution >= 4 is 40.6 Å². The molecule has 2 aromatic heterocycles. The quantitative estimate of drug-likeness (QED) is 0.148. The number of nitrogens with two attached hydrogens (primary N) is 1. The number of nitrogens with zero attached hydrogens (tertiary/aromatic N) is 4. The number of aromatic nitrogens is 4. The summed E-state index contributed by atoms with van der Waals surface area (Å²) in [7, 11) is 0. The molecule has 0 fully saturated rings. The molecule has 1 amide bonds. The fraction of sp³-hybridized carbons (Fsp3) is 0.211. The molecule has 1 aromatic carbocycles. The van der Waals surface area contributed by atoms with Crippen molar-refractivity contribution < 1.29 is 24.6 Å². The molecule has 2 heterocycles. The predicted molar refractivity (Wildman–Crippen MR) is 119 cm³/mol. The normalized spacial score (nSPS) is 10.9. The lowest BCUT2D eigenvalue weighted by Crippen LogP contribution is -2.41. The minimum atomic E-state index is -1.31. The van der Waals surface area contributed by atoms with Gasteiger partial charge in [-0.3, -0.25) is 19.4 Å². The van der Waals surface area contributed by atoms with E-state index < -0.39 is 29.4 Å². The van der Waals surface area contributed by atoms with Gasteiger partial charge in [-0.1, -0.05) is 0 Å². The van der Waals surface area contributed by atoms with Gasteiger partial charge in [0.2, 0.25) is 10.9 Å². The molecule has 0 aliphatic rings. The highest BCUT2D eigenvalue weighted by Gasteiger charge is 2.21. The average Bonchev–Trinajstić information content (AvgIpc) is 2.81. The molecule has 0 aliphatic carbocycles. The van der Waals surface area contributed by atoms with E-state index in [9.17, 15) is 19.2 Å². The van der Waals surface area contributed by atoms with Gasteiger partial charge in [0.15, 0.2) is 11.2 Å². The van der Waals surface area contributed by atoms with Crippen LogP contribution in [0.5, 0.6) is 0 Å². The van der Waals surface area contributed by atoms with Crippen LogP contribution in [-0.2, 0) is 16.1 Å². The second kappa shape index (κ2) is 12.1. The van der Waals surface area contributed by atoms with E-state index in [1.54, 1.807) is 12.1 Å². The van der Waals surface area contributed by atoms with Gasteiger partial charge in [0.1, 0.15) is 17.1 Å². The Hall–Kier alpha value is -5.24. The smallest absolute Gasteiger partial charge is 0.326 e. The first kappa shape index (κ1) is 26.0. The monoisotopic (exact) mass is 485 g/mol. The molecule has 0 aliphatic heterocycles. The van der Waals surface area contributed by atoms with Gasteiger partial charge in [0, 0.05) is 17.7 Å². The molecule has 3 aromatic rings. The Morgan fingerprint density at radius 2 is 1.80 bits per heavy atom. The van der Waals surface area contributed by atoms with Crippen LogP contribution in [0.25, 0.3) is 11.2 Å². The number of H-pyrrole nitrogens is 1. The Bertz CT molecular complexity index is 1320. The number of carbonyl (C=O) groups excluding carboxylic acids is 1. The highest BCUT2D eigenvalue weighted by molar-refractivity contribution is 5.96. The molecule has 1 unspecified atom stereocenters. The molecule has 0 radical (unpaired) electrons. The third-order valence-corrected chi connectivity index (χ3v) is 4.36. The number of benzene rings is 1. The lowest BCUT2D eigenvalue weighted by molar-refractivity contribution is -0.140. The lowest BCUT2D eigenvalue weighted by Gasteiger charge is -2.14. The van der Waals surface area contributed by atoms with Crippen molar-refractivity contribution in [2.45, 2.75) is 25.4 Å². The summed E-state index contributed by atoms with van der Waals surface area (Å²) in [4.78, 5) is 62.6. The molecule has 0 saturated carbocycles. The molecule has 16 heteroatoms. The number of carbonyl (C=O) groups is 3. The molecular formula is C19H21N10O6+. The third-order valence-electron chi connectivity index (χ3n) is 4.36. The maximum absolute atomic E-state index is 12.3. The highest BCUT2D eigenvalue weighted by atomic mass is 16.4. The fourth-order valence-corrected chi connectivity index (χ4v) is 2.75. The zero-order chi connectivity index (χ0) is 26.0. The van der Waals surface area contributed by atoms with Crippen molar-refractivity contribution in [3.8, 4) is 0 Å². The second-order valence-corrected chi connectivity index (χ2v) is 6.82. The topological polar surface area (TPSA) is 275 Å². The van der Waals surface area contributed by atoms with E-state index >= 15 is 0 Å². The number of aromatic amines is 1. The van der Waals surface area contributed by atoms with E-state index in [2.05, 4.69) is 30.6 Å². The zero-order valence-electron chi connectivity index (χ0n) is 18.0. The summed E-state index contributed by atoms with van der Waals surface area (Å²) < 4.78 is 0. The van der Waals surface area contributed by atoms with Crippen molar-refractivity contribution in [3.05, 3.63) is 52.1 Å². The van der Waals surface area contributed by atoms with E-state index in [0.717, 1.165) is 0 Å². The van der Waals surface area contributed by atoms with Crippen LogP contribution in [0.3, 0.4) is 0 Å². The van der Waals surface area contributed by atoms with Crippen molar-refractivity contribution in [1.82, 2.24) is 30.2 Å². The predicted octanol–water partition coefficient (Wildman–Crippen LogP) is 0.0707. The molecule has 3 rings (SSSR count). The first-order chi connectivity index (χ1) is 16.6. The van der Waals surface area contributed by atoms with Crippen LogP contribution in [0.15, 0.2) is 35.3 Å². The zero-order valence-corrected chi connectivity index (χ0v) is 18.0. The minimum absolute atomic E-state index is 0.0524. The van der Waals surface area contributed by atoms with Crippen LogP contribution >= 0.6 is 0 Å². The number of anilines is 2. The van der Waals surface area contributed by atoms with Crippen LogP contribution in [0.2, 0.25) is 0 Å². The number of aliphatic carboxylic acids is 2. The molecular weight excluding hydrogens is 464 g/mol. The molecule has 35 heavy (non-hydrogen) atoms. The van der Waals surface area contributed by atoms with Crippen molar-refractivity contribution in [2.24, 2.45) is 0 Å². The van der Waals surface area contributed by atoms with Gasteiger partial charge >= 0.3 is 11.9 Å². The number of nitrogens with one attached hydrogen (secondary N) is 5. The van der Waals surface area contributed by atoms with Gasteiger partial charge in [0.05, 0.1) is 18.4 Å². The molecule has 16 nitrogen and oxygen atoms in total. The number of amides is 1. The second-order valence-electron chi connectivity index (χ2n) is 6.82. The minimum Gasteiger partial charge on any atom is -0.481 e. The number of carboxylic acid groups (broad SMARTS) is 2. The maximum atomic E-state index is 12.3. The molecule has 0 bridgehead atoms. The molecule has 1 atom stereocenters. The molecule has 0 spiro atoms. The van der Waals surface area contributed by atoms with E-state index in [0.29, 0.717) is 11.4 Å². The summed E-state index contributed by atoms with van der Waals surface area (Å²) in [5.41, 5.74) is 17.5. The van der Waals surface area contributed by atoms with Crippen LogP contribution in [0.1, 0.15) is 28.9 Å². The van der Waals surface area contributed by atoms with Crippen molar-refractivity contribution in [3.63, 3.8) is 0 Å². The number of carboxylic acids is 2. The van der Waals surface area contributed by atoms with Gasteiger partial charge in [-0.2, -0.15) is 4.98 Å². The van der Waals surface area contributed by atoms with Gasteiger partial charge in [-0.25, -0.2) is 14.8 Å². The maximum Gasteiger partial charge on any atom is 0.326 e.